The summed E-state index contributed by atoms with van der Waals surface area (Å²) in [6.45, 7) is 4.16. The van der Waals surface area contributed by atoms with Crippen LogP contribution in [0.25, 0.3) is 0 Å². The van der Waals surface area contributed by atoms with E-state index in [1.54, 1.807) is 34.9 Å². The predicted octanol–water partition coefficient (Wildman–Crippen LogP) is 5.65. The summed E-state index contributed by atoms with van der Waals surface area (Å²) < 4.78 is 0.809. The van der Waals surface area contributed by atoms with Crippen molar-refractivity contribution in [2.24, 2.45) is 5.73 Å². The minimum absolute atomic E-state index is 0.0104. The fraction of sp³-hybridized carbons (Fsp3) is 0.333. The van der Waals surface area contributed by atoms with Crippen molar-refractivity contribution in [3.05, 3.63) is 56.5 Å². The number of halogens is 2. The van der Waals surface area contributed by atoms with Gasteiger partial charge in [0.1, 0.15) is 5.82 Å². The average molecular weight is 492 g/mol. The van der Waals surface area contributed by atoms with E-state index in [0.717, 1.165) is 10.0 Å². The highest BCUT2D eigenvalue weighted by Crippen LogP contribution is 2.48. The summed E-state index contributed by atoms with van der Waals surface area (Å²) in [7, 11) is 0. The summed E-state index contributed by atoms with van der Waals surface area (Å²) in [4.78, 5) is 14.9. The van der Waals surface area contributed by atoms with E-state index >= 15 is 0 Å². The fourth-order valence-corrected chi connectivity index (χ4v) is 6.52. The van der Waals surface area contributed by atoms with Crippen LogP contribution in [0.2, 0.25) is 10.0 Å². The smallest absolute Gasteiger partial charge is 0.219 e. The summed E-state index contributed by atoms with van der Waals surface area (Å²) in [6.07, 6.45) is 1.77. The Hall–Kier alpha value is -2.05. The average Bonchev–Trinajstić information content (AvgIpc) is 3.14. The number of carbonyl (C=O) groups excluding carboxylic acids is 1. The Kier molecular flexibility index (Phi) is 6.31. The van der Waals surface area contributed by atoms with Gasteiger partial charge in [0.15, 0.2) is 10.1 Å². The van der Waals surface area contributed by atoms with E-state index in [9.17, 15) is 10.1 Å². The Bertz CT molecular complexity index is 1160. The van der Waals surface area contributed by atoms with E-state index in [2.05, 4.69) is 30.1 Å². The molecular formula is C21H19Cl2N5OS2. The third-order valence-corrected chi connectivity index (χ3v) is 7.67. The van der Waals surface area contributed by atoms with Gasteiger partial charge in [-0.05, 0) is 30.5 Å². The number of carbonyl (C=O) groups is 1. The summed E-state index contributed by atoms with van der Waals surface area (Å²) in [6, 6.07) is 7.29. The van der Waals surface area contributed by atoms with Gasteiger partial charge in [-0.2, -0.15) is 5.26 Å². The fourth-order valence-electron chi connectivity index (χ4n) is 3.89. The lowest BCUT2D eigenvalue weighted by Crippen LogP contribution is -2.38. The standard InChI is InChI=1S/C21H19Cl2N5OS2/c1-10(2)30-21-27-26-20(31-21)28-15-4-3-5-16(29)18(15)17(13(9-24)19(28)25)12-7-6-11(22)8-14(12)23/h6-8,10,17H,3-5,25H2,1-2H3. The Morgan fingerprint density at radius 1 is 1.32 bits per heavy atom. The lowest BCUT2D eigenvalue weighted by atomic mass is 9.76. The van der Waals surface area contributed by atoms with Crippen molar-refractivity contribution in [2.75, 3.05) is 4.90 Å². The van der Waals surface area contributed by atoms with Crippen molar-refractivity contribution in [3.63, 3.8) is 0 Å². The van der Waals surface area contributed by atoms with E-state index < -0.39 is 5.92 Å². The minimum Gasteiger partial charge on any atom is -0.384 e. The topological polar surface area (TPSA) is 95.9 Å². The number of Topliss-reactive ketones (excluding diaryl/α,β-unsaturated/α-hetero) is 1. The molecule has 1 aromatic carbocycles. The maximum absolute atomic E-state index is 13.1. The van der Waals surface area contributed by atoms with Crippen molar-refractivity contribution in [2.45, 2.75) is 48.6 Å². The zero-order valence-electron chi connectivity index (χ0n) is 16.9. The van der Waals surface area contributed by atoms with Crippen LogP contribution in [0.1, 0.15) is 44.6 Å². The number of nitriles is 1. The highest BCUT2D eigenvalue weighted by atomic mass is 35.5. The Morgan fingerprint density at radius 3 is 2.77 bits per heavy atom. The predicted molar refractivity (Wildman–Crippen MR) is 125 cm³/mol. The molecule has 2 N–H and O–H groups in total. The number of thioether (sulfide) groups is 1. The van der Waals surface area contributed by atoms with Crippen LogP contribution >= 0.6 is 46.3 Å². The molecule has 2 heterocycles. The van der Waals surface area contributed by atoms with Crippen LogP contribution in [-0.4, -0.2) is 21.2 Å². The molecule has 0 bridgehead atoms. The van der Waals surface area contributed by atoms with Gasteiger partial charge in [0.2, 0.25) is 5.13 Å². The number of allylic oxidation sites excluding steroid dienone is 3. The van der Waals surface area contributed by atoms with E-state index in [1.165, 1.54) is 11.3 Å². The van der Waals surface area contributed by atoms with Gasteiger partial charge in [0.25, 0.3) is 0 Å². The highest BCUT2D eigenvalue weighted by Gasteiger charge is 2.41. The van der Waals surface area contributed by atoms with Gasteiger partial charge in [0, 0.05) is 33.0 Å². The number of hydrogen-bond donors (Lipinski definition) is 1. The van der Waals surface area contributed by atoms with Crippen molar-refractivity contribution in [3.8, 4) is 6.07 Å². The molecule has 1 aliphatic carbocycles. The normalized spacial score (nSPS) is 19.2. The van der Waals surface area contributed by atoms with E-state index in [-0.39, 0.29) is 17.2 Å². The quantitative estimate of drug-likeness (QED) is 0.551. The molecule has 1 aromatic heterocycles. The summed E-state index contributed by atoms with van der Waals surface area (Å²) in [5, 5.41) is 20.4. The van der Waals surface area contributed by atoms with Crippen molar-refractivity contribution >= 4 is 57.2 Å². The number of aromatic nitrogens is 2. The lowest BCUT2D eigenvalue weighted by molar-refractivity contribution is -0.116. The Morgan fingerprint density at radius 2 is 2.10 bits per heavy atom. The Labute approximate surface area is 198 Å². The molecule has 0 saturated carbocycles. The molecule has 31 heavy (non-hydrogen) atoms. The molecule has 6 nitrogen and oxygen atoms in total. The zero-order chi connectivity index (χ0) is 22.3. The van der Waals surface area contributed by atoms with Crippen LogP contribution in [0.3, 0.4) is 0 Å². The van der Waals surface area contributed by atoms with Gasteiger partial charge < -0.3 is 5.73 Å². The molecular weight excluding hydrogens is 473 g/mol. The maximum atomic E-state index is 13.1. The van der Waals surface area contributed by atoms with Crippen LogP contribution in [0.5, 0.6) is 0 Å². The maximum Gasteiger partial charge on any atom is 0.219 e. The van der Waals surface area contributed by atoms with Crippen molar-refractivity contribution < 1.29 is 4.79 Å². The third-order valence-electron chi connectivity index (χ3n) is 5.11. The second-order valence-electron chi connectivity index (χ2n) is 7.50. The molecule has 0 fully saturated rings. The number of rotatable bonds is 4. The number of nitrogens with zero attached hydrogens (tertiary/aromatic N) is 4. The summed E-state index contributed by atoms with van der Waals surface area (Å²) in [5.41, 5.74) is 8.76. The largest absolute Gasteiger partial charge is 0.384 e. The molecule has 0 amide bonds. The first-order valence-electron chi connectivity index (χ1n) is 9.73. The SMILES string of the molecule is CC(C)Sc1nnc(N2C(N)=C(C#N)C(c3ccc(Cl)cc3Cl)C3=C2CCCC3=O)s1. The number of benzene rings is 1. The van der Waals surface area contributed by atoms with E-state index in [0.29, 0.717) is 50.8 Å². The van der Waals surface area contributed by atoms with Gasteiger partial charge in [-0.1, -0.05) is 66.2 Å². The first-order valence-corrected chi connectivity index (χ1v) is 12.2. The van der Waals surface area contributed by atoms with Crippen LogP contribution in [-0.2, 0) is 4.79 Å². The van der Waals surface area contributed by atoms with Gasteiger partial charge in [-0.25, -0.2) is 0 Å². The number of nitrogens with two attached hydrogens (primary N) is 1. The summed E-state index contributed by atoms with van der Waals surface area (Å²) in [5.74, 6) is -0.390. The molecule has 0 radical (unpaired) electrons. The minimum atomic E-state index is -0.633. The van der Waals surface area contributed by atoms with Crippen LogP contribution < -0.4 is 10.6 Å². The lowest BCUT2D eigenvalue weighted by Gasteiger charge is -2.38. The molecule has 160 valence electrons. The van der Waals surface area contributed by atoms with Gasteiger partial charge in [-0.15, -0.1) is 10.2 Å². The van der Waals surface area contributed by atoms with E-state index in [1.807, 2.05) is 0 Å². The molecule has 1 unspecified atom stereocenters. The number of hydrogen-bond acceptors (Lipinski definition) is 8. The van der Waals surface area contributed by atoms with Crippen molar-refractivity contribution in [1.29, 1.82) is 5.26 Å². The van der Waals surface area contributed by atoms with Crippen molar-refractivity contribution in [1.82, 2.24) is 10.2 Å². The monoisotopic (exact) mass is 491 g/mol. The first-order chi connectivity index (χ1) is 14.8. The molecule has 0 saturated heterocycles. The molecule has 2 aromatic rings. The van der Waals surface area contributed by atoms with Gasteiger partial charge >= 0.3 is 0 Å². The van der Waals surface area contributed by atoms with Crippen LogP contribution in [0.4, 0.5) is 5.13 Å². The van der Waals surface area contributed by atoms with Gasteiger partial charge in [0.05, 0.1) is 17.6 Å². The van der Waals surface area contributed by atoms with Crippen LogP contribution in [0, 0.1) is 11.3 Å². The summed E-state index contributed by atoms with van der Waals surface area (Å²) >= 11 is 15.6. The molecule has 2 aliphatic rings. The molecule has 10 heteroatoms. The number of anilines is 1. The zero-order valence-corrected chi connectivity index (χ0v) is 20.0. The Balaban J connectivity index is 1.90. The van der Waals surface area contributed by atoms with E-state index in [4.69, 9.17) is 28.9 Å². The third kappa shape index (κ3) is 4.08. The second-order valence-corrected chi connectivity index (χ2v) is 11.1. The van der Waals surface area contributed by atoms with Crippen LogP contribution in [0.15, 0.2) is 45.2 Å². The molecule has 1 atom stereocenters. The first kappa shape index (κ1) is 22.2. The highest BCUT2D eigenvalue weighted by molar-refractivity contribution is 8.01. The molecule has 4 rings (SSSR count). The number of ketones is 1. The molecule has 1 aliphatic heterocycles. The molecule has 0 spiro atoms. The van der Waals surface area contributed by atoms with Gasteiger partial charge in [-0.3, -0.25) is 9.69 Å². The second kappa shape index (κ2) is 8.83.